The Morgan fingerprint density at radius 1 is 1.09 bits per heavy atom. The number of nitrogens with one attached hydrogen (secondary N) is 3. The number of amides is 3. The summed E-state index contributed by atoms with van der Waals surface area (Å²) in [5.74, 6) is -1.99. The number of nitrogens with zero attached hydrogens (tertiary/aromatic N) is 1. The number of hydrogen-bond donors (Lipinski definition) is 3. The number of hydrogen-bond acceptors (Lipinski definition) is 6. The quantitative estimate of drug-likeness (QED) is 0.264. The average molecular weight is 473 g/mol. The highest BCUT2D eigenvalue weighted by Crippen LogP contribution is 2.19. The predicted octanol–water partition coefficient (Wildman–Crippen LogP) is 2.86. The molecule has 0 saturated heterocycles. The van der Waals surface area contributed by atoms with E-state index < -0.39 is 23.5 Å². The van der Waals surface area contributed by atoms with E-state index in [2.05, 4.69) is 21.2 Å². The van der Waals surface area contributed by atoms with E-state index in [1.807, 2.05) is 0 Å². The van der Waals surface area contributed by atoms with Crippen LogP contribution in [-0.2, 0) is 20.9 Å². The van der Waals surface area contributed by atoms with Gasteiger partial charge in [0.15, 0.2) is 6.61 Å². The third kappa shape index (κ3) is 7.47. The molecule has 0 unspecified atom stereocenters. The molecule has 33 heavy (non-hydrogen) atoms. The molecule has 0 atom stereocenters. The second-order valence-corrected chi connectivity index (χ2v) is 6.91. The number of halogens is 2. The Labute approximate surface area is 192 Å². The summed E-state index contributed by atoms with van der Waals surface area (Å²) in [7, 11) is 0. The largest absolute Gasteiger partial charge is 0.484 e. The first-order valence-electron chi connectivity index (χ1n) is 9.52. The summed E-state index contributed by atoms with van der Waals surface area (Å²) >= 11 is 5.68. The third-order valence-corrected chi connectivity index (χ3v) is 4.31. The second kappa shape index (κ2) is 11.4. The molecule has 0 aliphatic carbocycles. The van der Waals surface area contributed by atoms with Gasteiger partial charge in [-0.15, -0.1) is 0 Å². The lowest BCUT2D eigenvalue weighted by atomic mass is 10.2. The molecule has 11 heteroatoms. The standard InChI is InChI=1S/C22H18ClFN4O5/c23-18-10-15(6-7-19(18)24)27-20(29)13-33-16-4-1-3-14(9-16)11-26-28-22(31)21(30)25-12-17-5-2-8-32-17/h1-11H,12-13H2,(H,25,30)(H,27,29)(H,28,31)/b26-11-. The van der Waals surface area contributed by atoms with E-state index in [0.717, 1.165) is 6.07 Å². The number of ether oxygens (including phenoxy) is 1. The lowest BCUT2D eigenvalue weighted by Crippen LogP contribution is -2.37. The highest BCUT2D eigenvalue weighted by atomic mass is 35.5. The number of anilines is 1. The van der Waals surface area contributed by atoms with Gasteiger partial charge in [0.2, 0.25) is 0 Å². The molecular weight excluding hydrogens is 455 g/mol. The fourth-order valence-corrected chi connectivity index (χ4v) is 2.66. The van der Waals surface area contributed by atoms with Gasteiger partial charge in [-0.05, 0) is 48.0 Å². The van der Waals surface area contributed by atoms with Gasteiger partial charge in [0, 0.05) is 5.69 Å². The maximum absolute atomic E-state index is 13.2. The van der Waals surface area contributed by atoms with Gasteiger partial charge in [-0.25, -0.2) is 9.82 Å². The molecule has 3 rings (SSSR count). The molecule has 0 spiro atoms. The van der Waals surface area contributed by atoms with Crippen molar-refractivity contribution in [2.45, 2.75) is 6.54 Å². The minimum atomic E-state index is -0.942. The summed E-state index contributed by atoms with van der Waals surface area (Å²) in [6.45, 7) is -0.230. The number of rotatable bonds is 8. The zero-order valence-electron chi connectivity index (χ0n) is 17.0. The molecule has 0 radical (unpaired) electrons. The van der Waals surface area contributed by atoms with E-state index in [1.165, 1.54) is 24.6 Å². The van der Waals surface area contributed by atoms with Crippen LogP contribution >= 0.6 is 11.6 Å². The van der Waals surface area contributed by atoms with Gasteiger partial charge in [0.1, 0.15) is 17.3 Å². The number of benzene rings is 2. The van der Waals surface area contributed by atoms with Crippen molar-refractivity contribution in [1.82, 2.24) is 10.7 Å². The number of carbonyl (C=O) groups excluding carboxylic acids is 3. The van der Waals surface area contributed by atoms with Crippen molar-refractivity contribution in [2.24, 2.45) is 5.10 Å². The van der Waals surface area contributed by atoms with Gasteiger partial charge in [-0.2, -0.15) is 5.10 Å². The van der Waals surface area contributed by atoms with E-state index in [0.29, 0.717) is 22.8 Å². The first-order valence-corrected chi connectivity index (χ1v) is 9.90. The molecule has 3 N–H and O–H groups in total. The summed E-state index contributed by atoms with van der Waals surface area (Å²) in [6, 6.07) is 13.7. The van der Waals surface area contributed by atoms with Gasteiger partial charge >= 0.3 is 11.8 Å². The monoisotopic (exact) mass is 472 g/mol. The van der Waals surface area contributed by atoms with Crippen LogP contribution in [0.1, 0.15) is 11.3 Å². The molecule has 1 heterocycles. The zero-order valence-corrected chi connectivity index (χ0v) is 17.8. The Bertz CT molecular complexity index is 1170. The van der Waals surface area contributed by atoms with Crippen molar-refractivity contribution in [3.63, 3.8) is 0 Å². The van der Waals surface area contributed by atoms with Crippen LogP contribution in [0.25, 0.3) is 0 Å². The zero-order chi connectivity index (χ0) is 23.6. The number of carbonyl (C=O) groups is 3. The Morgan fingerprint density at radius 2 is 1.94 bits per heavy atom. The average Bonchev–Trinajstić information content (AvgIpc) is 3.32. The molecule has 0 aliphatic heterocycles. The van der Waals surface area contributed by atoms with Gasteiger partial charge < -0.3 is 19.8 Å². The fraction of sp³-hybridized carbons (Fsp3) is 0.0909. The van der Waals surface area contributed by atoms with Crippen LogP contribution < -0.4 is 20.8 Å². The van der Waals surface area contributed by atoms with Crippen molar-refractivity contribution in [2.75, 3.05) is 11.9 Å². The minimum Gasteiger partial charge on any atom is -0.484 e. The van der Waals surface area contributed by atoms with Crippen LogP contribution in [0.4, 0.5) is 10.1 Å². The predicted molar refractivity (Wildman–Crippen MR) is 118 cm³/mol. The van der Waals surface area contributed by atoms with Gasteiger partial charge in [0.05, 0.1) is 24.0 Å². The molecule has 0 saturated carbocycles. The van der Waals surface area contributed by atoms with E-state index in [4.69, 9.17) is 20.8 Å². The Balaban J connectivity index is 1.45. The van der Waals surface area contributed by atoms with E-state index in [-0.39, 0.29) is 18.2 Å². The van der Waals surface area contributed by atoms with Crippen LogP contribution in [-0.4, -0.2) is 30.5 Å². The summed E-state index contributed by atoms with van der Waals surface area (Å²) in [4.78, 5) is 35.5. The molecule has 2 aromatic carbocycles. The van der Waals surface area contributed by atoms with Crippen molar-refractivity contribution >= 4 is 41.2 Å². The van der Waals surface area contributed by atoms with Crippen molar-refractivity contribution in [1.29, 1.82) is 0 Å². The Kier molecular flexibility index (Phi) is 8.14. The molecule has 1 aromatic heterocycles. The molecule has 0 aliphatic rings. The highest BCUT2D eigenvalue weighted by Gasteiger charge is 2.12. The molecule has 0 fully saturated rings. The summed E-state index contributed by atoms with van der Waals surface area (Å²) < 4.78 is 23.7. The Morgan fingerprint density at radius 3 is 2.70 bits per heavy atom. The summed E-state index contributed by atoms with van der Waals surface area (Å²) in [5, 5.41) is 8.55. The Hall–Kier alpha value is -4.18. The lowest BCUT2D eigenvalue weighted by molar-refractivity contribution is -0.139. The van der Waals surface area contributed by atoms with E-state index >= 15 is 0 Å². The maximum atomic E-state index is 13.2. The van der Waals surface area contributed by atoms with E-state index in [1.54, 1.807) is 36.4 Å². The van der Waals surface area contributed by atoms with Crippen LogP contribution in [0.5, 0.6) is 5.75 Å². The van der Waals surface area contributed by atoms with Crippen LogP contribution in [0.3, 0.4) is 0 Å². The van der Waals surface area contributed by atoms with Crippen molar-refractivity contribution in [3.8, 4) is 5.75 Å². The third-order valence-electron chi connectivity index (χ3n) is 4.02. The topological polar surface area (TPSA) is 122 Å². The van der Waals surface area contributed by atoms with Crippen LogP contribution in [0.2, 0.25) is 5.02 Å². The molecule has 3 aromatic rings. The summed E-state index contributed by atoms with van der Waals surface area (Å²) in [5.41, 5.74) is 3.00. The van der Waals surface area contributed by atoms with Gasteiger partial charge in [-0.1, -0.05) is 23.7 Å². The SMILES string of the molecule is O=C(COc1cccc(/C=N\NC(=O)C(=O)NCc2ccco2)c1)Nc1ccc(F)c(Cl)c1. The molecule has 3 amide bonds. The smallest absolute Gasteiger partial charge is 0.329 e. The van der Waals surface area contributed by atoms with Gasteiger partial charge in [0.25, 0.3) is 5.91 Å². The first-order chi connectivity index (χ1) is 15.9. The maximum Gasteiger partial charge on any atom is 0.329 e. The fourth-order valence-electron chi connectivity index (χ4n) is 2.48. The molecule has 9 nitrogen and oxygen atoms in total. The molecule has 0 bridgehead atoms. The van der Waals surface area contributed by atoms with E-state index in [9.17, 15) is 18.8 Å². The highest BCUT2D eigenvalue weighted by molar-refractivity contribution is 6.35. The number of hydrazone groups is 1. The van der Waals surface area contributed by atoms with Crippen LogP contribution in [0, 0.1) is 5.82 Å². The summed E-state index contributed by atoms with van der Waals surface area (Å²) in [6.07, 6.45) is 2.77. The van der Waals surface area contributed by atoms with Crippen LogP contribution in [0.15, 0.2) is 70.4 Å². The lowest BCUT2D eigenvalue weighted by Gasteiger charge is -2.08. The number of furan rings is 1. The van der Waals surface area contributed by atoms with Crippen molar-refractivity contribution in [3.05, 3.63) is 83.0 Å². The second-order valence-electron chi connectivity index (χ2n) is 6.50. The van der Waals surface area contributed by atoms with Gasteiger partial charge in [-0.3, -0.25) is 14.4 Å². The molecule has 170 valence electrons. The molecular formula is C22H18ClFN4O5. The normalized spacial score (nSPS) is 10.6. The minimum absolute atomic E-state index is 0.0735. The first kappa shape index (κ1) is 23.5. The van der Waals surface area contributed by atoms with Crippen molar-refractivity contribution < 1.29 is 27.9 Å².